The van der Waals surface area contributed by atoms with Crippen LogP contribution in [0.3, 0.4) is 0 Å². The highest BCUT2D eigenvalue weighted by molar-refractivity contribution is 9.10. The van der Waals surface area contributed by atoms with Gasteiger partial charge >= 0.3 is 0 Å². The summed E-state index contributed by atoms with van der Waals surface area (Å²) in [6.45, 7) is 0. The molecule has 0 bridgehead atoms. The number of nitrogens with zero attached hydrogens (tertiary/aromatic N) is 1. The molecular weight excluding hydrogens is 268 g/mol. The molecule has 2 aromatic rings. The molecule has 0 amide bonds. The molecule has 16 heavy (non-hydrogen) atoms. The first-order valence-electron chi connectivity index (χ1n) is 5.53. The minimum Gasteiger partial charge on any atom is -0.437 e. The van der Waals surface area contributed by atoms with Crippen molar-refractivity contribution < 1.29 is 4.42 Å². The molecule has 1 aliphatic carbocycles. The molecule has 0 radical (unpaired) electrons. The topological polar surface area (TPSA) is 52.0 Å². The van der Waals surface area contributed by atoms with Crippen LogP contribution < -0.4 is 5.73 Å². The fourth-order valence-corrected chi connectivity index (χ4v) is 2.78. The van der Waals surface area contributed by atoms with E-state index in [1.807, 2.05) is 18.2 Å². The van der Waals surface area contributed by atoms with Gasteiger partial charge in [-0.15, -0.1) is 0 Å². The van der Waals surface area contributed by atoms with Crippen molar-refractivity contribution in [3.05, 3.63) is 28.6 Å². The zero-order valence-electron chi connectivity index (χ0n) is 8.87. The molecule has 1 heterocycles. The number of hydrogen-bond donors (Lipinski definition) is 1. The van der Waals surface area contributed by atoms with E-state index in [4.69, 9.17) is 10.2 Å². The summed E-state index contributed by atoms with van der Waals surface area (Å²) in [6, 6.07) is 5.86. The van der Waals surface area contributed by atoms with E-state index in [1.54, 1.807) is 0 Å². The van der Waals surface area contributed by atoms with Crippen LogP contribution >= 0.6 is 15.9 Å². The Bertz CT molecular complexity index is 529. The SMILES string of the molecule is NC1(c2nc3cccc(Br)c3o2)CCCC1. The maximum absolute atomic E-state index is 6.32. The summed E-state index contributed by atoms with van der Waals surface area (Å²) >= 11 is 3.46. The van der Waals surface area contributed by atoms with E-state index in [0.717, 1.165) is 41.3 Å². The van der Waals surface area contributed by atoms with Crippen LogP contribution in [0.5, 0.6) is 0 Å². The Hall–Kier alpha value is -0.870. The lowest BCUT2D eigenvalue weighted by atomic mass is 10.00. The number of nitrogens with two attached hydrogens (primary N) is 1. The van der Waals surface area contributed by atoms with E-state index < -0.39 is 0 Å². The monoisotopic (exact) mass is 280 g/mol. The Labute approximate surface area is 102 Å². The number of aromatic nitrogens is 1. The number of oxazole rings is 1. The van der Waals surface area contributed by atoms with Gasteiger partial charge in [-0.05, 0) is 40.9 Å². The van der Waals surface area contributed by atoms with Crippen LogP contribution in [0.2, 0.25) is 0 Å². The molecule has 0 atom stereocenters. The van der Waals surface area contributed by atoms with Gasteiger partial charge in [0.15, 0.2) is 5.58 Å². The fraction of sp³-hybridized carbons (Fsp3) is 0.417. The highest BCUT2D eigenvalue weighted by Gasteiger charge is 2.36. The molecule has 3 nitrogen and oxygen atoms in total. The van der Waals surface area contributed by atoms with Crippen LogP contribution in [0.25, 0.3) is 11.1 Å². The van der Waals surface area contributed by atoms with Gasteiger partial charge < -0.3 is 10.2 Å². The zero-order chi connectivity index (χ0) is 11.2. The summed E-state index contributed by atoms with van der Waals surface area (Å²) in [6.07, 6.45) is 4.27. The lowest BCUT2D eigenvalue weighted by molar-refractivity contribution is 0.346. The summed E-state index contributed by atoms with van der Waals surface area (Å²) in [5.41, 5.74) is 7.65. The van der Waals surface area contributed by atoms with Crippen molar-refractivity contribution in [2.75, 3.05) is 0 Å². The van der Waals surface area contributed by atoms with Crippen LogP contribution in [-0.4, -0.2) is 4.98 Å². The molecule has 0 unspecified atom stereocenters. The average Bonchev–Trinajstić information content (AvgIpc) is 2.85. The van der Waals surface area contributed by atoms with Gasteiger partial charge in [-0.2, -0.15) is 0 Å². The first-order valence-corrected chi connectivity index (χ1v) is 6.33. The minimum absolute atomic E-state index is 0.349. The van der Waals surface area contributed by atoms with Crippen molar-refractivity contribution >= 4 is 27.0 Å². The molecule has 1 saturated carbocycles. The van der Waals surface area contributed by atoms with Gasteiger partial charge in [0.2, 0.25) is 5.89 Å². The summed E-state index contributed by atoms with van der Waals surface area (Å²) in [5, 5.41) is 0. The van der Waals surface area contributed by atoms with Crippen LogP contribution in [0.4, 0.5) is 0 Å². The smallest absolute Gasteiger partial charge is 0.215 e. The Morgan fingerprint density at radius 1 is 1.31 bits per heavy atom. The fourth-order valence-electron chi connectivity index (χ4n) is 2.35. The highest BCUT2D eigenvalue weighted by Crippen LogP contribution is 2.38. The van der Waals surface area contributed by atoms with Gasteiger partial charge in [-0.25, -0.2) is 4.98 Å². The number of halogens is 1. The van der Waals surface area contributed by atoms with Crippen molar-refractivity contribution in [2.45, 2.75) is 31.2 Å². The summed E-state index contributed by atoms with van der Waals surface area (Å²) in [7, 11) is 0. The second-order valence-electron chi connectivity index (χ2n) is 4.47. The second kappa shape index (κ2) is 3.57. The number of fused-ring (bicyclic) bond motifs is 1. The van der Waals surface area contributed by atoms with Crippen LogP contribution in [0.1, 0.15) is 31.6 Å². The van der Waals surface area contributed by atoms with Gasteiger partial charge in [-0.1, -0.05) is 18.9 Å². The van der Waals surface area contributed by atoms with Crippen LogP contribution in [-0.2, 0) is 5.54 Å². The first-order chi connectivity index (χ1) is 7.69. The molecule has 1 aromatic heterocycles. The van der Waals surface area contributed by atoms with Crippen LogP contribution in [0.15, 0.2) is 27.1 Å². The molecule has 84 valence electrons. The average molecular weight is 281 g/mol. The zero-order valence-corrected chi connectivity index (χ0v) is 10.5. The Balaban J connectivity index is 2.15. The van der Waals surface area contributed by atoms with Crippen molar-refractivity contribution in [3.8, 4) is 0 Å². The third kappa shape index (κ3) is 1.48. The van der Waals surface area contributed by atoms with E-state index in [-0.39, 0.29) is 5.54 Å². The van der Waals surface area contributed by atoms with E-state index in [1.165, 1.54) is 0 Å². The maximum Gasteiger partial charge on any atom is 0.215 e. The predicted octanol–water partition coefficient (Wildman–Crippen LogP) is 3.32. The molecule has 0 spiro atoms. The molecule has 0 saturated heterocycles. The quantitative estimate of drug-likeness (QED) is 0.872. The molecule has 0 aliphatic heterocycles. The first kappa shape index (κ1) is 10.3. The summed E-state index contributed by atoms with van der Waals surface area (Å²) in [5.74, 6) is 0.687. The lowest BCUT2D eigenvalue weighted by Gasteiger charge is -2.18. The van der Waals surface area contributed by atoms with Gasteiger partial charge in [0.05, 0.1) is 10.0 Å². The Kier molecular flexibility index (Phi) is 2.30. The minimum atomic E-state index is -0.349. The molecule has 1 aliphatic rings. The molecular formula is C12H13BrN2O. The van der Waals surface area contributed by atoms with E-state index in [9.17, 15) is 0 Å². The van der Waals surface area contributed by atoms with Crippen molar-refractivity contribution in [3.63, 3.8) is 0 Å². The number of benzene rings is 1. The normalized spacial score (nSPS) is 19.4. The summed E-state index contributed by atoms with van der Waals surface area (Å²) < 4.78 is 6.74. The number of para-hydroxylation sites is 1. The standard InChI is InChI=1S/C12H13BrN2O/c13-8-4-3-5-9-10(8)16-11(15-9)12(14)6-1-2-7-12/h3-5H,1-2,6-7,14H2. The third-order valence-electron chi connectivity index (χ3n) is 3.29. The predicted molar refractivity (Wildman–Crippen MR) is 66.0 cm³/mol. The molecule has 4 heteroatoms. The van der Waals surface area contributed by atoms with Gasteiger partial charge in [-0.3, -0.25) is 0 Å². The Morgan fingerprint density at radius 2 is 2.06 bits per heavy atom. The molecule has 1 aromatic carbocycles. The Morgan fingerprint density at radius 3 is 2.75 bits per heavy atom. The van der Waals surface area contributed by atoms with Gasteiger partial charge in [0, 0.05) is 0 Å². The van der Waals surface area contributed by atoms with E-state index >= 15 is 0 Å². The number of rotatable bonds is 1. The van der Waals surface area contributed by atoms with Gasteiger partial charge in [0.25, 0.3) is 0 Å². The van der Waals surface area contributed by atoms with Gasteiger partial charge in [0.1, 0.15) is 5.52 Å². The largest absolute Gasteiger partial charge is 0.437 e. The number of hydrogen-bond acceptors (Lipinski definition) is 3. The van der Waals surface area contributed by atoms with Crippen molar-refractivity contribution in [1.29, 1.82) is 0 Å². The molecule has 2 N–H and O–H groups in total. The third-order valence-corrected chi connectivity index (χ3v) is 3.91. The summed E-state index contributed by atoms with van der Waals surface area (Å²) in [4.78, 5) is 4.51. The van der Waals surface area contributed by atoms with Crippen molar-refractivity contribution in [1.82, 2.24) is 4.98 Å². The molecule has 1 fully saturated rings. The van der Waals surface area contributed by atoms with E-state index in [2.05, 4.69) is 20.9 Å². The van der Waals surface area contributed by atoms with E-state index in [0.29, 0.717) is 5.89 Å². The lowest BCUT2D eigenvalue weighted by Crippen LogP contribution is -2.33. The van der Waals surface area contributed by atoms with Crippen LogP contribution in [0, 0.1) is 0 Å². The highest BCUT2D eigenvalue weighted by atomic mass is 79.9. The maximum atomic E-state index is 6.32. The molecule has 3 rings (SSSR count). The van der Waals surface area contributed by atoms with Crippen molar-refractivity contribution in [2.24, 2.45) is 5.73 Å². The second-order valence-corrected chi connectivity index (χ2v) is 5.32.